The van der Waals surface area contributed by atoms with Crippen LogP contribution in [0.2, 0.25) is 0 Å². The molecule has 0 aliphatic carbocycles. The molecule has 1 N–H and O–H groups in total. The van der Waals surface area contributed by atoms with E-state index in [2.05, 4.69) is 10.3 Å². The lowest BCUT2D eigenvalue weighted by Crippen LogP contribution is -2.48. The Morgan fingerprint density at radius 2 is 1.76 bits per heavy atom. The zero-order valence-corrected chi connectivity index (χ0v) is 19.6. The molecule has 2 aromatic heterocycles. The quantitative estimate of drug-likeness (QED) is 0.582. The topological polar surface area (TPSA) is 80.1 Å². The number of likely N-dealkylation sites (tertiary alicyclic amines) is 1. The number of piperidine rings is 1. The Hall–Kier alpha value is -3.55. The number of halogens is 1. The molecule has 4 rings (SSSR count). The zero-order chi connectivity index (χ0) is 24.1. The Labute approximate surface area is 199 Å². The Kier molecular flexibility index (Phi) is 7.35. The number of nitrogens with one attached hydrogen (secondary N) is 1. The Bertz CT molecular complexity index is 1120. The molecule has 1 aliphatic rings. The number of rotatable bonds is 7. The van der Waals surface area contributed by atoms with Crippen LogP contribution in [0.15, 0.2) is 54.9 Å². The minimum Gasteiger partial charge on any atom is -0.353 e. The van der Waals surface area contributed by atoms with Gasteiger partial charge in [-0.2, -0.15) is 5.10 Å². The molecule has 1 aromatic carbocycles. The van der Waals surface area contributed by atoms with Gasteiger partial charge in [-0.3, -0.25) is 19.3 Å². The van der Waals surface area contributed by atoms with Crippen molar-refractivity contribution in [2.45, 2.75) is 45.7 Å². The molecule has 3 aromatic rings. The molecule has 8 heteroatoms. The highest BCUT2D eigenvalue weighted by atomic mass is 19.1. The summed E-state index contributed by atoms with van der Waals surface area (Å²) in [6.45, 7) is 5.09. The average Bonchev–Trinajstić information content (AvgIpc) is 3.23. The standard InChI is InChI=1S/C26H30FN5O2/c1-18(2)26(34)29-22-9-13-31(14-10-22)25(33)17-32-23(15-19-3-5-21(27)6-4-19)16-24(30-32)20-7-11-28-12-8-20/h3-8,11-12,16,18,22H,9-10,13-15,17H2,1-2H3,(H,29,34). The van der Waals surface area contributed by atoms with Gasteiger partial charge in [0.05, 0.1) is 5.69 Å². The molecule has 0 radical (unpaired) electrons. The maximum absolute atomic E-state index is 13.3. The van der Waals surface area contributed by atoms with E-state index >= 15 is 0 Å². The van der Waals surface area contributed by atoms with Gasteiger partial charge in [0.15, 0.2) is 0 Å². The number of carbonyl (C=O) groups excluding carboxylic acids is 2. The van der Waals surface area contributed by atoms with E-state index in [0.717, 1.165) is 35.4 Å². The monoisotopic (exact) mass is 463 g/mol. The fourth-order valence-electron chi connectivity index (χ4n) is 4.08. The minimum atomic E-state index is -0.280. The number of aromatic nitrogens is 3. The van der Waals surface area contributed by atoms with Gasteiger partial charge in [0, 0.05) is 55.1 Å². The van der Waals surface area contributed by atoms with Gasteiger partial charge < -0.3 is 10.2 Å². The van der Waals surface area contributed by atoms with Crippen LogP contribution in [0.3, 0.4) is 0 Å². The molecule has 1 aliphatic heterocycles. The third-order valence-electron chi connectivity index (χ3n) is 6.14. The number of carbonyl (C=O) groups is 2. The molecule has 0 saturated carbocycles. The van der Waals surface area contributed by atoms with Crippen LogP contribution < -0.4 is 5.32 Å². The molecule has 0 bridgehead atoms. The lowest BCUT2D eigenvalue weighted by atomic mass is 10.0. The van der Waals surface area contributed by atoms with Gasteiger partial charge in [0.25, 0.3) is 0 Å². The molecule has 178 valence electrons. The number of hydrogen-bond donors (Lipinski definition) is 1. The molecule has 0 atom stereocenters. The van der Waals surface area contributed by atoms with Crippen LogP contribution in [0.1, 0.15) is 37.9 Å². The van der Waals surface area contributed by atoms with E-state index in [4.69, 9.17) is 5.10 Å². The second-order valence-electron chi connectivity index (χ2n) is 9.04. The highest BCUT2D eigenvalue weighted by Gasteiger charge is 2.25. The van der Waals surface area contributed by atoms with E-state index in [0.29, 0.717) is 19.5 Å². The van der Waals surface area contributed by atoms with Crippen molar-refractivity contribution in [2.75, 3.05) is 13.1 Å². The maximum Gasteiger partial charge on any atom is 0.244 e. The molecule has 0 unspecified atom stereocenters. The summed E-state index contributed by atoms with van der Waals surface area (Å²) in [4.78, 5) is 31.0. The van der Waals surface area contributed by atoms with E-state index in [1.807, 2.05) is 36.9 Å². The van der Waals surface area contributed by atoms with Crippen molar-refractivity contribution in [3.8, 4) is 11.3 Å². The molecule has 1 saturated heterocycles. The van der Waals surface area contributed by atoms with Crippen LogP contribution in [0.4, 0.5) is 4.39 Å². The number of nitrogens with zero attached hydrogens (tertiary/aromatic N) is 4. The molecule has 3 heterocycles. The lowest BCUT2D eigenvalue weighted by Gasteiger charge is -2.32. The summed E-state index contributed by atoms with van der Waals surface area (Å²) < 4.78 is 15.1. The van der Waals surface area contributed by atoms with E-state index in [-0.39, 0.29) is 36.1 Å². The second kappa shape index (κ2) is 10.6. The third kappa shape index (κ3) is 5.87. The van der Waals surface area contributed by atoms with Crippen LogP contribution in [0.25, 0.3) is 11.3 Å². The van der Waals surface area contributed by atoms with Gasteiger partial charge >= 0.3 is 0 Å². The summed E-state index contributed by atoms with van der Waals surface area (Å²) in [5.74, 6) is -0.278. The zero-order valence-electron chi connectivity index (χ0n) is 19.6. The average molecular weight is 464 g/mol. The highest BCUT2D eigenvalue weighted by Crippen LogP contribution is 2.21. The minimum absolute atomic E-state index is 0.00151. The van der Waals surface area contributed by atoms with Crippen LogP contribution in [0, 0.1) is 11.7 Å². The smallest absolute Gasteiger partial charge is 0.244 e. The van der Waals surface area contributed by atoms with Crippen molar-refractivity contribution >= 4 is 11.8 Å². The van der Waals surface area contributed by atoms with E-state index < -0.39 is 0 Å². The number of hydrogen-bond acceptors (Lipinski definition) is 4. The van der Waals surface area contributed by atoms with Gasteiger partial charge in [-0.1, -0.05) is 26.0 Å². The Morgan fingerprint density at radius 1 is 1.09 bits per heavy atom. The van der Waals surface area contributed by atoms with Gasteiger partial charge in [-0.05, 0) is 48.7 Å². The van der Waals surface area contributed by atoms with Crippen LogP contribution in [-0.2, 0) is 22.6 Å². The van der Waals surface area contributed by atoms with E-state index in [1.165, 1.54) is 12.1 Å². The van der Waals surface area contributed by atoms with Gasteiger partial charge in [-0.15, -0.1) is 0 Å². The summed E-state index contributed by atoms with van der Waals surface area (Å²) in [5.41, 5.74) is 3.51. The summed E-state index contributed by atoms with van der Waals surface area (Å²) in [6, 6.07) is 12.2. The van der Waals surface area contributed by atoms with Crippen LogP contribution >= 0.6 is 0 Å². The third-order valence-corrected chi connectivity index (χ3v) is 6.14. The SMILES string of the molecule is CC(C)C(=O)NC1CCN(C(=O)Cn2nc(-c3ccncc3)cc2Cc2ccc(F)cc2)CC1. The Balaban J connectivity index is 1.47. The summed E-state index contributed by atoms with van der Waals surface area (Å²) in [6.07, 6.45) is 5.44. The van der Waals surface area contributed by atoms with E-state index in [9.17, 15) is 14.0 Å². The van der Waals surface area contributed by atoms with Crippen LogP contribution in [0.5, 0.6) is 0 Å². The van der Waals surface area contributed by atoms with Crippen molar-refractivity contribution in [3.63, 3.8) is 0 Å². The van der Waals surface area contributed by atoms with Crippen molar-refractivity contribution < 1.29 is 14.0 Å². The molecule has 2 amide bonds. The molecule has 34 heavy (non-hydrogen) atoms. The first-order chi connectivity index (χ1) is 16.4. The van der Waals surface area contributed by atoms with Crippen LogP contribution in [-0.4, -0.2) is 50.6 Å². The molecular weight excluding hydrogens is 433 g/mol. The largest absolute Gasteiger partial charge is 0.353 e. The Morgan fingerprint density at radius 3 is 2.41 bits per heavy atom. The maximum atomic E-state index is 13.3. The molecule has 0 spiro atoms. The number of benzene rings is 1. The first kappa shape index (κ1) is 23.6. The van der Waals surface area contributed by atoms with Gasteiger partial charge in [0.2, 0.25) is 11.8 Å². The summed E-state index contributed by atoms with van der Waals surface area (Å²) in [5, 5.41) is 7.78. The highest BCUT2D eigenvalue weighted by molar-refractivity contribution is 5.78. The second-order valence-corrected chi connectivity index (χ2v) is 9.04. The van der Waals surface area contributed by atoms with Crippen molar-refractivity contribution in [3.05, 3.63) is 71.9 Å². The van der Waals surface area contributed by atoms with E-state index in [1.54, 1.807) is 29.2 Å². The number of pyridine rings is 1. The summed E-state index contributed by atoms with van der Waals surface area (Å²) in [7, 11) is 0. The molecular formula is C26H30FN5O2. The fourth-order valence-corrected chi connectivity index (χ4v) is 4.08. The van der Waals surface area contributed by atoms with Gasteiger partial charge in [-0.25, -0.2) is 4.39 Å². The predicted molar refractivity (Wildman–Crippen MR) is 127 cm³/mol. The number of amides is 2. The first-order valence-electron chi connectivity index (χ1n) is 11.7. The fraction of sp³-hybridized carbons (Fsp3) is 0.385. The molecule has 7 nitrogen and oxygen atoms in total. The van der Waals surface area contributed by atoms with Crippen molar-refractivity contribution in [2.24, 2.45) is 5.92 Å². The molecule has 1 fully saturated rings. The summed E-state index contributed by atoms with van der Waals surface area (Å²) >= 11 is 0. The normalized spacial score (nSPS) is 14.4. The first-order valence-corrected chi connectivity index (χ1v) is 11.7. The van der Waals surface area contributed by atoms with Gasteiger partial charge in [0.1, 0.15) is 12.4 Å². The van der Waals surface area contributed by atoms with Crippen molar-refractivity contribution in [1.29, 1.82) is 0 Å². The van der Waals surface area contributed by atoms with Crippen molar-refractivity contribution in [1.82, 2.24) is 25.0 Å². The lowest BCUT2D eigenvalue weighted by molar-refractivity contribution is -0.133. The predicted octanol–water partition coefficient (Wildman–Crippen LogP) is 3.44.